The molecule has 4 heteroatoms. The molecule has 0 aromatic rings. The minimum atomic E-state index is -0.363. The summed E-state index contributed by atoms with van der Waals surface area (Å²) in [7, 11) is 0. The minimum absolute atomic E-state index is 0.00147. The predicted octanol–water partition coefficient (Wildman–Crippen LogP) is 7.49. The Hall–Kier alpha value is -1.45. The average molecular weight is 499 g/mol. The van der Waals surface area contributed by atoms with Gasteiger partial charge in [0.1, 0.15) is 6.10 Å². The van der Waals surface area contributed by atoms with Gasteiger partial charge in [0, 0.05) is 47.2 Å². The molecule has 7 atom stereocenters. The molecule has 4 aliphatic rings. The van der Waals surface area contributed by atoms with Crippen LogP contribution in [0.15, 0.2) is 11.1 Å². The van der Waals surface area contributed by atoms with Crippen LogP contribution in [0.4, 0.5) is 0 Å². The molecule has 0 unspecified atom stereocenters. The minimum Gasteiger partial charge on any atom is -0.462 e. The number of allylic oxidation sites excluding steroid dienone is 2. The number of Topliss-reactive ketones (excluding diaryl/α,β-unsaturated/α-hetero) is 2. The summed E-state index contributed by atoms with van der Waals surface area (Å²) in [5, 5.41) is 0. The highest BCUT2D eigenvalue weighted by Gasteiger charge is 2.67. The molecule has 0 aromatic carbocycles. The maximum absolute atomic E-state index is 14.2. The van der Waals surface area contributed by atoms with Crippen molar-refractivity contribution in [1.82, 2.24) is 0 Å². The molecule has 0 bridgehead atoms. The van der Waals surface area contributed by atoms with Gasteiger partial charge in [0.2, 0.25) is 0 Å². The van der Waals surface area contributed by atoms with E-state index in [0.717, 1.165) is 42.7 Å². The molecular weight excluding hydrogens is 448 g/mol. The first-order valence-corrected chi connectivity index (χ1v) is 14.6. The normalized spacial score (nSPS) is 40.6. The second-order valence-electron chi connectivity index (χ2n) is 14.6. The van der Waals surface area contributed by atoms with Gasteiger partial charge in [0.15, 0.2) is 11.6 Å². The summed E-state index contributed by atoms with van der Waals surface area (Å²) in [5.74, 6) is 1.88. The van der Waals surface area contributed by atoms with Gasteiger partial charge in [-0.3, -0.25) is 14.4 Å². The Morgan fingerprint density at radius 1 is 0.944 bits per heavy atom. The van der Waals surface area contributed by atoms with Crippen LogP contribution in [-0.2, 0) is 19.1 Å². The van der Waals surface area contributed by atoms with Crippen LogP contribution in [0.3, 0.4) is 0 Å². The summed E-state index contributed by atoms with van der Waals surface area (Å²) in [6.07, 6.45) is 8.12. The topological polar surface area (TPSA) is 60.4 Å². The molecule has 0 spiro atoms. The highest BCUT2D eigenvalue weighted by Crippen LogP contribution is 2.71. The van der Waals surface area contributed by atoms with E-state index in [1.807, 2.05) is 0 Å². The number of fused-ring (bicyclic) bond motifs is 4. The Labute approximate surface area is 219 Å². The van der Waals surface area contributed by atoms with Crippen molar-refractivity contribution in [2.45, 2.75) is 126 Å². The van der Waals surface area contributed by atoms with Crippen LogP contribution in [0.2, 0.25) is 0 Å². The zero-order chi connectivity index (χ0) is 26.8. The van der Waals surface area contributed by atoms with E-state index in [-0.39, 0.29) is 51.2 Å². The highest BCUT2D eigenvalue weighted by molar-refractivity contribution is 6.11. The lowest BCUT2D eigenvalue weighted by molar-refractivity contribution is -0.169. The Morgan fingerprint density at radius 2 is 1.61 bits per heavy atom. The molecule has 2 fully saturated rings. The molecule has 36 heavy (non-hydrogen) atoms. The first-order chi connectivity index (χ1) is 16.6. The van der Waals surface area contributed by atoms with Crippen LogP contribution in [0, 0.1) is 45.3 Å². The maximum atomic E-state index is 14.2. The van der Waals surface area contributed by atoms with Crippen molar-refractivity contribution in [2.75, 3.05) is 0 Å². The number of hydrogen-bond donors (Lipinski definition) is 0. The summed E-state index contributed by atoms with van der Waals surface area (Å²) in [6.45, 7) is 19.6. The van der Waals surface area contributed by atoms with E-state index in [0.29, 0.717) is 24.7 Å². The molecule has 0 amide bonds. The van der Waals surface area contributed by atoms with Crippen molar-refractivity contribution in [3.05, 3.63) is 11.1 Å². The quantitative estimate of drug-likeness (QED) is 0.356. The summed E-state index contributed by atoms with van der Waals surface area (Å²) in [6, 6.07) is 0. The molecule has 0 aromatic heterocycles. The molecule has 0 N–H and O–H groups in total. The Morgan fingerprint density at radius 3 is 2.22 bits per heavy atom. The van der Waals surface area contributed by atoms with Crippen molar-refractivity contribution < 1.29 is 19.1 Å². The first-order valence-electron chi connectivity index (χ1n) is 14.6. The van der Waals surface area contributed by atoms with Crippen molar-refractivity contribution >= 4 is 17.5 Å². The predicted molar refractivity (Wildman–Crippen MR) is 143 cm³/mol. The van der Waals surface area contributed by atoms with Gasteiger partial charge < -0.3 is 4.74 Å². The van der Waals surface area contributed by atoms with E-state index in [9.17, 15) is 14.4 Å². The number of carbonyl (C=O) groups is 3. The van der Waals surface area contributed by atoms with Crippen molar-refractivity contribution in [1.29, 1.82) is 0 Å². The van der Waals surface area contributed by atoms with Crippen molar-refractivity contribution in [3.8, 4) is 0 Å². The fourth-order valence-electron chi connectivity index (χ4n) is 9.55. The molecule has 202 valence electrons. The fourth-order valence-corrected chi connectivity index (χ4v) is 9.55. The van der Waals surface area contributed by atoms with Crippen molar-refractivity contribution in [2.24, 2.45) is 45.3 Å². The number of ketones is 2. The fraction of sp³-hybridized carbons (Fsp3) is 0.844. The largest absolute Gasteiger partial charge is 0.462 e. The van der Waals surface area contributed by atoms with Gasteiger partial charge in [-0.1, -0.05) is 74.7 Å². The van der Waals surface area contributed by atoms with Gasteiger partial charge >= 0.3 is 5.97 Å². The third-order valence-corrected chi connectivity index (χ3v) is 11.7. The molecule has 0 aliphatic heterocycles. The zero-order valence-corrected chi connectivity index (χ0v) is 24.4. The third-order valence-electron chi connectivity index (χ3n) is 11.7. The average Bonchev–Trinajstić information content (AvgIpc) is 3.02. The van der Waals surface area contributed by atoms with E-state index < -0.39 is 0 Å². The molecule has 0 radical (unpaired) electrons. The molecule has 4 rings (SSSR count). The summed E-state index contributed by atoms with van der Waals surface area (Å²) in [4.78, 5) is 40.1. The van der Waals surface area contributed by atoms with Gasteiger partial charge in [-0.05, 0) is 54.8 Å². The first kappa shape index (κ1) is 27.6. The molecule has 4 nitrogen and oxygen atoms in total. The highest BCUT2D eigenvalue weighted by atomic mass is 16.5. The van der Waals surface area contributed by atoms with Crippen LogP contribution < -0.4 is 0 Å². The number of esters is 1. The van der Waals surface area contributed by atoms with Crippen LogP contribution in [0.5, 0.6) is 0 Å². The molecule has 4 aliphatic carbocycles. The van der Waals surface area contributed by atoms with E-state index in [4.69, 9.17) is 4.74 Å². The summed E-state index contributed by atoms with van der Waals surface area (Å²) < 4.78 is 5.74. The van der Waals surface area contributed by atoms with Crippen LogP contribution in [-0.4, -0.2) is 23.6 Å². The van der Waals surface area contributed by atoms with Crippen LogP contribution >= 0.6 is 0 Å². The van der Waals surface area contributed by atoms with Gasteiger partial charge in [0.25, 0.3) is 0 Å². The zero-order valence-electron chi connectivity index (χ0n) is 24.4. The second-order valence-corrected chi connectivity index (χ2v) is 14.6. The number of hydrogen-bond acceptors (Lipinski definition) is 4. The third kappa shape index (κ3) is 3.95. The van der Waals surface area contributed by atoms with E-state index in [1.54, 1.807) is 0 Å². The second kappa shape index (κ2) is 9.09. The monoisotopic (exact) mass is 498 g/mol. The van der Waals surface area contributed by atoms with Gasteiger partial charge in [-0.25, -0.2) is 0 Å². The van der Waals surface area contributed by atoms with E-state index in [2.05, 4.69) is 55.4 Å². The van der Waals surface area contributed by atoms with Crippen LogP contribution in [0.25, 0.3) is 0 Å². The smallest absolute Gasteiger partial charge is 0.302 e. The van der Waals surface area contributed by atoms with Gasteiger partial charge in [-0.2, -0.15) is 0 Å². The lowest BCUT2D eigenvalue weighted by Gasteiger charge is -2.60. The Bertz CT molecular complexity index is 973. The van der Waals surface area contributed by atoms with Crippen molar-refractivity contribution in [3.63, 3.8) is 0 Å². The lowest BCUT2D eigenvalue weighted by atomic mass is 9.42. The summed E-state index contributed by atoms with van der Waals surface area (Å²) in [5.41, 5.74) is 0.632. The number of rotatable bonds is 6. The molecule has 2 saturated carbocycles. The van der Waals surface area contributed by atoms with Gasteiger partial charge in [-0.15, -0.1) is 0 Å². The standard InChI is InChI=1S/C32H50O4/c1-19(2)11-10-12-20(3)22-13-16-31(8)28-23(34)17-25-29(5,6)26(36-21(4)33)14-15-30(25,7)27(28)24(35)18-32(22,31)9/h19-20,22,25-26H,10-18H2,1-9H3/t20-,22-,25+,26+,30+,31+,32-/m1/s1. The molecule has 0 saturated heterocycles. The molecule has 0 heterocycles. The van der Waals surface area contributed by atoms with Gasteiger partial charge in [0.05, 0.1) is 0 Å². The van der Waals surface area contributed by atoms with Crippen LogP contribution in [0.1, 0.15) is 120 Å². The maximum Gasteiger partial charge on any atom is 0.302 e. The number of ether oxygens (including phenoxy) is 1. The molecular formula is C32H50O4. The lowest BCUT2D eigenvalue weighted by Crippen LogP contribution is -2.59. The number of carbonyl (C=O) groups excluding carboxylic acids is 3. The Balaban J connectivity index is 1.72. The summed E-state index contributed by atoms with van der Waals surface area (Å²) >= 11 is 0. The SMILES string of the molecule is CC(=O)O[C@H]1CC[C@]2(C)C3=C(C(=O)C[C@H]2C1(C)C)[C@]1(C)CC[C@H]([C@H](C)CCCC(C)C)[C@@]1(C)CC3=O. The Kier molecular flexibility index (Phi) is 6.96. The van der Waals surface area contributed by atoms with E-state index >= 15 is 0 Å². The van der Waals surface area contributed by atoms with E-state index in [1.165, 1.54) is 26.2 Å².